The van der Waals surface area contributed by atoms with Gasteiger partial charge >= 0.3 is 0 Å². The highest BCUT2D eigenvalue weighted by Crippen LogP contribution is 1.78. The molecule has 0 unspecified atom stereocenters. The first-order valence-corrected chi connectivity index (χ1v) is 5.31. The summed E-state index contributed by atoms with van der Waals surface area (Å²) in [5, 5.41) is 6.52. The molecule has 0 atom stereocenters. The van der Waals surface area contributed by atoms with Crippen molar-refractivity contribution < 1.29 is 0 Å². The Kier molecular flexibility index (Phi) is 10.7. The standard InChI is InChI=1S/C9H25N5/c1-14(8-6-12-4-2-10)9-7-13-5-3-11/h12-13H,2-11H2,1H3. The monoisotopic (exact) mass is 203 g/mol. The second kappa shape index (κ2) is 10.9. The van der Waals surface area contributed by atoms with Crippen LogP contribution in [0.3, 0.4) is 0 Å². The van der Waals surface area contributed by atoms with Gasteiger partial charge in [-0.15, -0.1) is 0 Å². The minimum absolute atomic E-state index is 0.710. The Labute approximate surface area is 87.2 Å². The zero-order valence-electron chi connectivity index (χ0n) is 9.26. The summed E-state index contributed by atoms with van der Waals surface area (Å²) in [6, 6.07) is 0. The van der Waals surface area contributed by atoms with Gasteiger partial charge in [0.05, 0.1) is 0 Å². The van der Waals surface area contributed by atoms with Gasteiger partial charge in [-0.25, -0.2) is 0 Å². The van der Waals surface area contributed by atoms with E-state index in [4.69, 9.17) is 11.5 Å². The lowest BCUT2D eigenvalue weighted by Crippen LogP contribution is -2.36. The molecule has 0 radical (unpaired) electrons. The highest BCUT2D eigenvalue weighted by molar-refractivity contribution is 4.57. The summed E-state index contributed by atoms with van der Waals surface area (Å²) in [4.78, 5) is 2.28. The van der Waals surface area contributed by atoms with Gasteiger partial charge in [0.15, 0.2) is 0 Å². The SMILES string of the molecule is CN(CCNCCN)CCNCCN. The van der Waals surface area contributed by atoms with Crippen LogP contribution in [0.1, 0.15) is 0 Å². The Balaban J connectivity index is 3.07. The Morgan fingerprint density at radius 3 is 1.64 bits per heavy atom. The van der Waals surface area contributed by atoms with Gasteiger partial charge in [-0.1, -0.05) is 0 Å². The normalized spacial score (nSPS) is 11.1. The summed E-state index contributed by atoms with van der Waals surface area (Å²) >= 11 is 0. The van der Waals surface area contributed by atoms with Crippen molar-refractivity contribution in [3.63, 3.8) is 0 Å². The lowest BCUT2D eigenvalue weighted by Gasteiger charge is -2.16. The summed E-state index contributed by atoms with van der Waals surface area (Å²) < 4.78 is 0. The largest absolute Gasteiger partial charge is 0.329 e. The van der Waals surface area contributed by atoms with Crippen LogP contribution in [-0.2, 0) is 0 Å². The molecule has 0 spiro atoms. The topological polar surface area (TPSA) is 79.3 Å². The maximum Gasteiger partial charge on any atom is 0.0104 e. The third-order valence-electron chi connectivity index (χ3n) is 1.98. The van der Waals surface area contributed by atoms with Gasteiger partial charge in [0, 0.05) is 52.4 Å². The van der Waals surface area contributed by atoms with Gasteiger partial charge in [0.1, 0.15) is 0 Å². The van der Waals surface area contributed by atoms with Crippen molar-refractivity contribution in [2.45, 2.75) is 0 Å². The van der Waals surface area contributed by atoms with E-state index in [1.165, 1.54) is 0 Å². The molecule has 0 amide bonds. The van der Waals surface area contributed by atoms with Crippen LogP contribution in [0.15, 0.2) is 0 Å². The molecule has 0 heterocycles. The Morgan fingerprint density at radius 2 is 1.29 bits per heavy atom. The van der Waals surface area contributed by atoms with Gasteiger partial charge in [-0.3, -0.25) is 0 Å². The van der Waals surface area contributed by atoms with Gasteiger partial charge in [0.2, 0.25) is 0 Å². The Hall–Kier alpha value is -0.200. The predicted molar refractivity (Wildman–Crippen MR) is 61.3 cm³/mol. The molecule has 0 aliphatic carbocycles. The van der Waals surface area contributed by atoms with Crippen molar-refractivity contribution in [1.82, 2.24) is 15.5 Å². The van der Waals surface area contributed by atoms with Gasteiger partial charge in [0.25, 0.3) is 0 Å². The quantitative estimate of drug-likeness (QED) is 0.309. The third-order valence-corrected chi connectivity index (χ3v) is 1.98. The molecule has 14 heavy (non-hydrogen) atoms. The van der Waals surface area contributed by atoms with E-state index in [1.54, 1.807) is 0 Å². The minimum atomic E-state index is 0.710. The molecule has 0 saturated heterocycles. The maximum absolute atomic E-state index is 5.36. The van der Waals surface area contributed by atoms with Crippen LogP contribution in [0, 0.1) is 0 Å². The van der Waals surface area contributed by atoms with E-state index in [2.05, 4.69) is 22.6 Å². The maximum atomic E-state index is 5.36. The molecule has 0 aliphatic rings. The molecule has 0 aromatic heterocycles. The highest BCUT2D eigenvalue weighted by Gasteiger charge is 1.96. The van der Waals surface area contributed by atoms with Gasteiger partial charge in [-0.05, 0) is 7.05 Å². The van der Waals surface area contributed by atoms with E-state index in [0.717, 1.165) is 39.3 Å². The third kappa shape index (κ3) is 9.88. The number of nitrogens with zero attached hydrogens (tertiary/aromatic N) is 1. The molecule has 86 valence electrons. The molecule has 0 bridgehead atoms. The first-order chi connectivity index (χ1) is 6.81. The van der Waals surface area contributed by atoms with E-state index in [0.29, 0.717) is 13.1 Å². The molecular formula is C9H25N5. The van der Waals surface area contributed by atoms with E-state index in [-0.39, 0.29) is 0 Å². The molecule has 0 fully saturated rings. The molecule has 0 rings (SSSR count). The van der Waals surface area contributed by atoms with Crippen LogP contribution in [-0.4, -0.2) is 64.3 Å². The fourth-order valence-electron chi connectivity index (χ4n) is 1.11. The number of rotatable bonds is 10. The average Bonchev–Trinajstić information content (AvgIpc) is 2.19. The number of nitrogens with two attached hydrogens (primary N) is 2. The van der Waals surface area contributed by atoms with Crippen LogP contribution >= 0.6 is 0 Å². The van der Waals surface area contributed by atoms with Crippen LogP contribution in [0.5, 0.6) is 0 Å². The van der Waals surface area contributed by atoms with Gasteiger partial charge < -0.3 is 27.0 Å². The zero-order valence-corrected chi connectivity index (χ0v) is 9.26. The van der Waals surface area contributed by atoms with E-state index in [9.17, 15) is 0 Å². The van der Waals surface area contributed by atoms with E-state index < -0.39 is 0 Å². The van der Waals surface area contributed by atoms with Crippen molar-refractivity contribution in [2.24, 2.45) is 11.5 Å². The molecule has 0 aliphatic heterocycles. The Bertz CT molecular complexity index is 97.4. The lowest BCUT2D eigenvalue weighted by molar-refractivity contribution is 0.330. The summed E-state index contributed by atoms with van der Waals surface area (Å²) in [6.07, 6.45) is 0. The van der Waals surface area contributed by atoms with Crippen LogP contribution < -0.4 is 22.1 Å². The number of hydrogen-bond donors (Lipinski definition) is 4. The molecule has 5 heteroatoms. The lowest BCUT2D eigenvalue weighted by atomic mass is 10.4. The van der Waals surface area contributed by atoms with Crippen molar-refractivity contribution in [2.75, 3.05) is 59.4 Å². The molecule has 0 aromatic carbocycles. The summed E-state index contributed by atoms with van der Waals surface area (Å²) in [7, 11) is 2.12. The first-order valence-electron chi connectivity index (χ1n) is 5.31. The minimum Gasteiger partial charge on any atom is -0.329 e. The average molecular weight is 203 g/mol. The highest BCUT2D eigenvalue weighted by atomic mass is 15.1. The first kappa shape index (κ1) is 13.8. The summed E-state index contributed by atoms with van der Waals surface area (Å²) in [6.45, 7) is 7.35. The number of likely N-dealkylation sites (N-methyl/N-ethyl adjacent to an activating group) is 1. The van der Waals surface area contributed by atoms with Crippen molar-refractivity contribution >= 4 is 0 Å². The number of hydrogen-bond acceptors (Lipinski definition) is 5. The second-order valence-corrected chi connectivity index (χ2v) is 3.38. The molecule has 5 nitrogen and oxygen atoms in total. The van der Waals surface area contributed by atoms with Crippen LogP contribution in [0.2, 0.25) is 0 Å². The van der Waals surface area contributed by atoms with Crippen molar-refractivity contribution in [1.29, 1.82) is 0 Å². The number of nitrogens with one attached hydrogen (secondary N) is 2. The van der Waals surface area contributed by atoms with Crippen molar-refractivity contribution in [3.8, 4) is 0 Å². The van der Waals surface area contributed by atoms with E-state index in [1.807, 2.05) is 0 Å². The summed E-state index contributed by atoms with van der Waals surface area (Å²) in [5.41, 5.74) is 10.7. The molecule has 6 N–H and O–H groups in total. The zero-order chi connectivity index (χ0) is 10.6. The smallest absolute Gasteiger partial charge is 0.0104 e. The molecule has 0 aromatic rings. The van der Waals surface area contributed by atoms with Gasteiger partial charge in [-0.2, -0.15) is 0 Å². The molecule has 0 saturated carbocycles. The summed E-state index contributed by atoms with van der Waals surface area (Å²) in [5.74, 6) is 0. The van der Waals surface area contributed by atoms with E-state index >= 15 is 0 Å². The second-order valence-electron chi connectivity index (χ2n) is 3.38. The van der Waals surface area contributed by atoms with Crippen LogP contribution in [0.4, 0.5) is 0 Å². The molecular weight excluding hydrogens is 178 g/mol. The predicted octanol–water partition coefficient (Wildman–Crippen LogP) is -1.99. The Morgan fingerprint density at radius 1 is 0.857 bits per heavy atom. The van der Waals surface area contributed by atoms with Crippen LogP contribution in [0.25, 0.3) is 0 Å². The fraction of sp³-hybridized carbons (Fsp3) is 1.00. The fourth-order valence-corrected chi connectivity index (χ4v) is 1.11. The van der Waals surface area contributed by atoms with Crippen molar-refractivity contribution in [3.05, 3.63) is 0 Å².